The Kier molecular flexibility index (Phi) is 8.26. The molecule has 1 aromatic heterocycles. The Labute approximate surface area is 210 Å². The minimum atomic E-state index is -1.82. The van der Waals surface area contributed by atoms with Gasteiger partial charge in [-0.25, -0.2) is 9.59 Å². The number of benzene rings is 2. The first-order valence-corrected chi connectivity index (χ1v) is 12.5. The first kappa shape index (κ1) is 25.0. The number of carboxylic acid groups (broad SMARTS) is 2. The highest BCUT2D eigenvalue weighted by atomic mass is 35.5. The lowest BCUT2D eigenvalue weighted by molar-refractivity contribution is -0.159. The zero-order valence-corrected chi connectivity index (χ0v) is 20.4. The van der Waals surface area contributed by atoms with Gasteiger partial charge in [-0.3, -0.25) is 4.90 Å². The van der Waals surface area contributed by atoms with Crippen molar-refractivity contribution >= 4 is 40.0 Å². The van der Waals surface area contributed by atoms with E-state index in [0.717, 1.165) is 29.4 Å². The van der Waals surface area contributed by atoms with Crippen molar-refractivity contribution in [3.05, 3.63) is 76.5 Å². The molecule has 2 heterocycles. The molecule has 1 aliphatic heterocycles. The first-order valence-electron chi connectivity index (χ1n) is 12.1. The Morgan fingerprint density at radius 3 is 2.60 bits per heavy atom. The average Bonchev–Trinajstić information content (AvgIpc) is 3.46. The zero-order valence-electron chi connectivity index (χ0n) is 19.7. The van der Waals surface area contributed by atoms with Crippen LogP contribution >= 0.6 is 11.6 Å². The van der Waals surface area contributed by atoms with Crippen molar-refractivity contribution in [3.63, 3.8) is 0 Å². The third-order valence-electron chi connectivity index (χ3n) is 7.00. The molecule has 6 nitrogen and oxygen atoms in total. The minimum absolute atomic E-state index is 0.788. The maximum absolute atomic E-state index is 9.10. The third kappa shape index (κ3) is 6.32. The predicted octanol–water partition coefficient (Wildman–Crippen LogP) is 5.97. The summed E-state index contributed by atoms with van der Waals surface area (Å²) < 4.78 is 0. The number of unbranched alkanes of at least 4 members (excludes halogenated alkanes) is 1. The second-order valence-corrected chi connectivity index (χ2v) is 9.65. The van der Waals surface area contributed by atoms with Gasteiger partial charge in [-0.15, -0.1) is 0 Å². The van der Waals surface area contributed by atoms with Crippen LogP contribution in [-0.2, 0) is 16.0 Å². The number of hydrogen-bond acceptors (Lipinski definition) is 3. The Morgan fingerprint density at radius 1 is 1.06 bits per heavy atom. The molecule has 184 valence electrons. The lowest BCUT2D eigenvalue weighted by Crippen LogP contribution is -2.29. The SMILES string of the molecule is Clc1ccc2c(C3=CCN(CCCCC4CCc5ccccc54)CC3)c[nH]c2c1.O=C(O)C(=O)O. The van der Waals surface area contributed by atoms with Crippen LogP contribution in [0.5, 0.6) is 0 Å². The molecule has 2 aromatic carbocycles. The fourth-order valence-corrected chi connectivity index (χ4v) is 5.37. The smallest absolute Gasteiger partial charge is 0.414 e. The highest BCUT2D eigenvalue weighted by molar-refractivity contribution is 6.31. The monoisotopic (exact) mass is 494 g/mol. The molecule has 0 amide bonds. The van der Waals surface area contributed by atoms with Gasteiger partial charge in [-0.2, -0.15) is 0 Å². The molecule has 5 rings (SSSR count). The van der Waals surface area contributed by atoms with E-state index in [0.29, 0.717) is 0 Å². The molecule has 0 radical (unpaired) electrons. The summed E-state index contributed by atoms with van der Waals surface area (Å²) in [5.41, 5.74) is 7.15. The number of aromatic nitrogens is 1. The minimum Gasteiger partial charge on any atom is -0.473 e. The number of halogens is 1. The van der Waals surface area contributed by atoms with Gasteiger partial charge in [-0.05, 0) is 73.4 Å². The largest absolute Gasteiger partial charge is 0.473 e. The van der Waals surface area contributed by atoms with Gasteiger partial charge in [0.2, 0.25) is 0 Å². The van der Waals surface area contributed by atoms with Gasteiger partial charge in [0.25, 0.3) is 0 Å². The van der Waals surface area contributed by atoms with E-state index >= 15 is 0 Å². The van der Waals surface area contributed by atoms with Gasteiger partial charge in [-0.1, -0.05) is 54.4 Å². The molecular weight excluding hydrogens is 464 g/mol. The van der Waals surface area contributed by atoms with E-state index in [2.05, 4.69) is 52.5 Å². The third-order valence-corrected chi connectivity index (χ3v) is 7.24. The van der Waals surface area contributed by atoms with E-state index in [1.54, 1.807) is 11.1 Å². The topological polar surface area (TPSA) is 93.6 Å². The van der Waals surface area contributed by atoms with Crippen LogP contribution < -0.4 is 0 Å². The molecule has 1 aliphatic carbocycles. The number of carbonyl (C=O) groups is 2. The molecule has 35 heavy (non-hydrogen) atoms. The number of nitrogens with zero attached hydrogens (tertiary/aromatic N) is 1. The maximum Gasteiger partial charge on any atom is 0.414 e. The van der Waals surface area contributed by atoms with Crippen LogP contribution in [0.3, 0.4) is 0 Å². The van der Waals surface area contributed by atoms with Crippen LogP contribution in [0.4, 0.5) is 0 Å². The maximum atomic E-state index is 9.10. The lowest BCUT2D eigenvalue weighted by atomic mass is 9.95. The molecule has 0 fully saturated rings. The van der Waals surface area contributed by atoms with E-state index in [-0.39, 0.29) is 0 Å². The molecule has 2 aliphatic rings. The van der Waals surface area contributed by atoms with E-state index in [1.807, 2.05) is 12.1 Å². The zero-order chi connectivity index (χ0) is 24.8. The number of hydrogen-bond donors (Lipinski definition) is 3. The Morgan fingerprint density at radius 2 is 1.86 bits per heavy atom. The van der Waals surface area contributed by atoms with Crippen molar-refractivity contribution in [1.82, 2.24) is 9.88 Å². The molecule has 3 aromatic rings. The van der Waals surface area contributed by atoms with Gasteiger partial charge >= 0.3 is 11.9 Å². The second kappa shape index (κ2) is 11.6. The Hall–Kier alpha value is -3.09. The molecule has 0 saturated carbocycles. The van der Waals surface area contributed by atoms with Crippen LogP contribution in [-0.4, -0.2) is 51.7 Å². The van der Waals surface area contributed by atoms with Crippen molar-refractivity contribution in [1.29, 1.82) is 0 Å². The van der Waals surface area contributed by atoms with Crippen LogP contribution in [0, 0.1) is 0 Å². The van der Waals surface area contributed by atoms with Gasteiger partial charge in [0.15, 0.2) is 0 Å². The summed E-state index contributed by atoms with van der Waals surface area (Å²) in [5.74, 6) is -2.85. The normalized spacial score (nSPS) is 17.4. The number of aliphatic carboxylic acids is 2. The van der Waals surface area contributed by atoms with Crippen molar-refractivity contribution in [2.75, 3.05) is 19.6 Å². The summed E-state index contributed by atoms with van der Waals surface area (Å²) in [7, 11) is 0. The summed E-state index contributed by atoms with van der Waals surface area (Å²) >= 11 is 6.12. The molecule has 0 saturated heterocycles. The fraction of sp³-hybridized carbons (Fsp3) is 0.357. The van der Waals surface area contributed by atoms with E-state index in [4.69, 9.17) is 31.4 Å². The van der Waals surface area contributed by atoms with Gasteiger partial charge in [0.05, 0.1) is 0 Å². The quantitative estimate of drug-likeness (QED) is 0.290. The first-order chi connectivity index (χ1) is 16.9. The standard InChI is InChI=1S/C26H29ClN2.C2H2O4/c27-22-10-11-24-25(18-28-26(24)17-22)21-12-15-29(16-13-21)14-4-3-6-20-9-8-19-5-1-2-7-23(19)20;3-1(4)2(5)6/h1-2,5,7,10-12,17-18,20,28H,3-4,6,8-9,13-16H2;(H,3,4)(H,5,6). The van der Waals surface area contributed by atoms with Gasteiger partial charge in [0.1, 0.15) is 0 Å². The average molecular weight is 495 g/mol. The summed E-state index contributed by atoms with van der Waals surface area (Å²) in [4.78, 5) is 24.2. The van der Waals surface area contributed by atoms with Crippen molar-refractivity contribution < 1.29 is 19.8 Å². The molecule has 1 atom stereocenters. The molecule has 7 heteroatoms. The molecular formula is C28H31ClN2O4. The van der Waals surface area contributed by atoms with Crippen LogP contribution in [0.2, 0.25) is 5.02 Å². The number of fused-ring (bicyclic) bond motifs is 2. The number of rotatable bonds is 6. The van der Waals surface area contributed by atoms with Crippen molar-refractivity contribution in [3.8, 4) is 0 Å². The number of aryl methyl sites for hydroxylation is 1. The molecule has 0 bridgehead atoms. The molecule has 0 spiro atoms. The van der Waals surface area contributed by atoms with E-state index in [1.165, 1.54) is 61.7 Å². The lowest BCUT2D eigenvalue weighted by Gasteiger charge is -2.26. The summed E-state index contributed by atoms with van der Waals surface area (Å²) in [5, 5.41) is 16.9. The summed E-state index contributed by atoms with van der Waals surface area (Å²) in [6, 6.07) is 15.2. The van der Waals surface area contributed by atoms with Crippen LogP contribution in [0.1, 0.15) is 54.7 Å². The molecule has 1 unspecified atom stereocenters. The van der Waals surface area contributed by atoms with Crippen LogP contribution in [0.15, 0.2) is 54.7 Å². The number of aromatic amines is 1. The fourth-order valence-electron chi connectivity index (χ4n) is 5.19. The van der Waals surface area contributed by atoms with Crippen LogP contribution in [0.25, 0.3) is 16.5 Å². The number of H-pyrrole nitrogens is 1. The van der Waals surface area contributed by atoms with Crippen molar-refractivity contribution in [2.24, 2.45) is 0 Å². The van der Waals surface area contributed by atoms with E-state index < -0.39 is 11.9 Å². The molecule has 3 N–H and O–H groups in total. The Bertz CT molecular complexity index is 1220. The number of nitrogens with one attached hydrogen (secondary N) is 1. The second-order valence-electron chi connectivity index (χ2n) is 9.21. The summed E-state index contributed by atoms with van der Waals surface area (Å²) in [6.45, 7) is 3.46. The Balaban J connectivity index is 0.000000431. The van der Waals surface area contributed by atoms with Crippen molar-refractivity contribution in [2.45, 2.75) is 44.4 Å². The summed E-state index contributed by atoms with van der Waals surface area (Å²) in [6.07, 6.45) is 12.3. The predicted molar refractivity (Wildman–Crippen MR) is 139 cm³/mol. The van der Waals surface area contributed by atoms with E-state index in [9.17, 15) is 0 Å². The highest BCUT2D eigenvalue weighted by Gasteiger charge is 2.21. The highest BCUT2D eigenvalue weighted by Crippen LogP contribution is 2.36. The number of carboxylic acids is 2. The van der Waals surface area contributed by atoms with Gasteiger partial charge < -0.3 is 15.2 Å². The van der Waals surface area contributed by atoms with Gasteiger partial charge in [0, 0.05) is 40.8 Å².